The summed E-state index contributed by atoms with van der Waals surface area (Å²) in [6, 6.07) is 6.48. The molecule has 1 aliphatic rings. The zero-order chi connectivity index (χ0) is 15.1. The lowest BCUT2D eigenvalue weighted by Crippen LogP contribution is -2.31. The Hall–Kier alpha value is -1.22. The van der Waals surface area contributed by atoms with E-state index in [9.17, 15) is 0 Å². The number of fused-ring (bicyclic) bond motifs is 1. The highest BCUT2D eigenvalue weighted by atomic mass is 16.5. The molecule has 3 heteroatoms. The Morgan fingerprint density at radius 3 is 2.76 bits per heavy atom. The molecule has 0 aromatic heterocycles. The van der Waals surface area contributed by atoms with E-state index in [1.807, 2.05) is 19.2 Å². The molecule has 0 saturated carbocycles. The van der Waals surface area contributed by atoms with Gasteiger partial charge >= 0.3 is 0 Å². The topological polar surface area (TPSA) is 30.5 Å². The summed E-state index contributed by atoms with van der Waals surface area (Å²) in [4.78, 5) is 0. The lowest BCUT2D eigenvalue weighted by Gasteiger charge is -2.32. The van der Waals surface area contributed by atoms with Crippen LogP contribution >= 0.6 is 0 Å². The maximum atomic E-state index is 6.17. The third kappa shape index (κ3) is 4.37. The van der Waals surface area contributed by atoms with Gasteiger partial charge in [0, 0.05) is 18.0 Å². The van der Waals surface area contributed by atoms with E-state index in [1.165, 1.54) is 37.7 Å². The molecule has 2 atom stereocenters. The molecule has 0 saturated heterocycles. The van der Waals surface area contributed by atoms with E-state index in [4.69, 9.17) is 9.47 Å². The second kappa shape index (κ2) is 8.28. The molecule has 0 aliphatic carbocycles. The van der Waals surface area contributed by atoms with Crippen LogP contribution in [-0.4, -0.2) is 20.3 Å². The predicted molar refractivity (Wildman–Crippen MR) is 87.2 cm³/mol. The van der Waals surface area contributed by atoms with E-state index < -0.39 is 0 Å². The standard InChI is InChI=1S/C18H29NO2/c1-4-5-6-7-8-9-15-13-17(19-2)16-12-14(20-3)10-11-18(16)21-15/h10-12,15,17,19H,4-9,13H2,1-3H3. The quantitative estimate of drug-likeness (QED) is 0.717. The first-order valence-corrected chi connectivity index (χ1v) is 8.30. The summed E-state index contributed by atoms with van der Waals surface area (Å²) in [7, 11) is 3.73. The summed E-state index contributed by atoms with van der Waals surface area (Å²) >= 11 is 0. The number of benzene rings is 1. The monoisotopic (exact) mass is 291 g/mol. The van der Waals surface area contributed by atoms with Crippen LogP contribution in [0, 0.1) is 0 Å². The van der Waals surface area contributed by atoms with Gasteiger partial charge in [0.15, 0.2) is 0 Å². The second-order valence-corrected chi connectivity index (χ2v) is 5.92. The summed E-state index contributed by atoms with van der Waals surface area (Å²) < 4.78 is 11.5. The fourth-order valence-corrected chi connectivity index (χ4v) is 3.08. The zero-order valence-electron chi connectivity index (χ0n) is 13.7. The lowest BCUT2D eigenvalue weighted by atomic mass is 9.93. The van der Waals surface area contributed by atoms with Gasteiger partial charge in [0.1, 0.15) is 17.6 Å². The fraction of sp³-hybridized carbons (Fsp3) is 0.667. The van der Waals surface area contributed by atoms with Crippen molar-refractivity contribution in [3.8, 4) is 11.5 Å². The van der Waals surface area contributed by atoms with Crippen LogP contribution in [0.5, 0.6) is 11.5 Å². The molecule has 3 nitrogen and oxygen atoms in total. The number of methoxy groups -OCH3 is 1. The molecule has 0 amide bonds. The molecule has 2 rings (SSSR count). The van der Waals surface area contributed by atoms with Gasteiger partial charge < -0.3 is 14.8 Å². The van der Waals surface area contributed by atoms with Crippen LogP contribution in [0.15, 0.2) is 18.2 Å². The Morgan fingerprint density at radius 2 is 2.05 bits per heavy atom. The van der Waals surface area contributed by atoms with E-state index in [-0.39, 0.29) is 0 Å². The number of rotatable bonds is 8. The summed E-state index contributed by atoms with van der Waals surface area (Å²) in [5, 5.41) is 3.42. The number of ether oxygens (including phenoxy) is 2. The van der Waals surface area contributed by atoms with Gasteiger partial charge in [-0.3, -0.25) is 0 Å². The Kier molecular flexibility index (Phi) is 6.37. The molecule has 1 N–H and O–H groups in total. The van der Waals surface area contributed by atoms with Crippen molar-refractivity contribution in [2.24, 2.45) is 0 Å². The molecule has 1 heterocycles. The van der Waals surface area contributed by atoms with Gasteiger partial charge in [-0.05, 0) is 38.1 Å². The Balaban J connectivity index is 1.93. The van der Waals surface area contributed by atoms with Crippen molar-refractivity contribution in [3.05, 3.63) is 23.8 Å². The average Bonchev–Trinajstić information content (AvgIpc) is 2.53. The van der Waals surface area contributed by atoms with Gasteiger partial charge in [-0.15, -0.1) is 0 Å². The minimum Gasteiger partial charge on any atom is -0.497 e. The van der Waals surface area contributed by atoms with Gasteiger partial charge in [-0.1, -0.05) is 32.6 Å². The van der Waals surface area contributed by atoms with Crippen LogP contribution in [0.3, 0.4) is 0 Å². The molecular formula is C18H29NO2. The van der Waals surface area contributed by atoms with Crippen LogP contribution in [0.1, 0.15) is 63.5 Å². The fourth-order valence-electron chi connectivity index (χ4n) is 3.08. The molecule has 0 fully saturated rings. The minimum atomic E-state index is 0.338. The Labute approximate surface area is 129 Å². The number of hydrogen-bond acceptors (Lipinski definition) is 3. The van der Waals surface area contributed by atoms with Crippen LogP contribution in [0.25, 0.3) is 0 Å². The smallest absolute Gasteiger partial charge is 0.124 e. The van der Waals surface area contributed by atoms with Gasteiger partial charge in [0.25, 0.3) is 0 Å². The summed E-state index contributed by atoms with van der Waals surface area (Å²) in [6.07, 6.45) is 9.15. The van der Waals surface area contributed by atoms with Gasteiger partial charge in [-0.25, -0.2) is 0 Å². The van der Waals surface area contributed by atoms with Crippen molar-refractivity contribution in [2.75, 3.05) is 14.2 Å². The first-order chi connectivity index (χ1) is 10.3. The van der Waals surface area contributed by atoms with Crippen molar-refractivity contribution >= 4 is 0 Å². The van der Waals surface area contributed by atoms with E-state index in [0.717, 1.165) is 24.3 Å². The zero-order valence-corrected chi connectivity index (χ0v) is 13.7. The molecule has 1 aliphatic heterocycles. The van der Waals surface area contributed by atoms with E-state index in [2.05, 4.69) is 18.3 Å². The number of nitrogens with one attached hydrogen (secondary N) is 1. The third-order valence-corrected chi connectivity index (χ3v) is 4.36. The van der Waals surface area contributed by atoms with Crippen LogP contribution in [-0.2, 0) is 0 Å². The van der Waals surface area contributed by atoms with Gasteiger partial charge in [0.05, 0.1) is 7.11 Å². The lowest BCUT2D eigenvalue weighted by molar-refractivity contribution is 0.139. The average molecular weight is 291 g/mol. The summed E-state index contributed by atoms with van der Waals surface area (Å²) in [5.41, 5.74) is 1.22. The van der Waals surface area contributed by atoms with Crippen molar-refractivity contribution in [1.29, 1.82) is 0 Å². The third-order valence-electron chi connectivity index (χ3n) is 4.36. The molecule has 21 heavy (non-hydrogen) atoms. The minimum absolute atomic E-state index is 0.338. The van der Waals surface area contributed by atoms with Gasteiger partial charge in [0.2, 0.25) is 0 Å². The van der Waals surface area contributed by atoms with Crippen LogP contribution < -0.4 is 14.8 Å². The van der Waals surface area contributed by atoms with E-state index in [1.54, 1.807) is 7.11 Å². The van der Waals surface area contributed by atoms with E-state index in [0.29, 0.717) is 12.1 Å². The highest BCUT2D eigenvalue weighted by Crippen LogP contribution is 2.38. The first kappa shape index (κ1) is 16.2. The van der Waals surface area contributed by atoms with Crippen LogP contribution in [0.2, 0.25) is 0 Å². The van der Waals surface area contributed by atoms with Crippen molar-refractivity contribution in [3.63, 3.8) is 0 Å². The maximum absolute atomic E-state index is 6.17. The highest BCUT2D eigenvalue weighted by Gasteiger charge is 2.27. The summed E-state index contributed by atoms with van der Waals surface area (Å²) in [5.74, 6) is 1.91. The second-order valence-electron chi connectivity index (χ2n) is 5.92. The molecule has 0 bridgehead atoms. The first-order valence-electron chi connectivity index (χ1n) is 8.30. The molecule has 2 unspecified atom stereocenters. The molecule has 1 aromatic carbocycles. The number of hydrogen-bond donors (Lipinski definition) is 1. The largest absolute Gasteiger partial charge is 0.497 e. The number of unbranched alkanes of at least 4 members (excludes halogenated alkanes) is 4. The SMILES string of the molecule is CCCCCCCC1CC(NC)c2cc(OC)ccc2O1. The van der Waals surface area contributed by atoms with E-state index >= 15 is 0 Å². The molecule has 0 spiro atoms. The Morgan fingerprint density at radius 1 is 1.24 bits per heavy atom. The molecule has 1 aromatic rings. The molecular weight excluding hydrogens is 262 g/mol. The maximum Gasteiger partial charge on any atom is 0.124 e. The van der Waals surface area contributed by atoms with Crippen molar-refractivity contribution in [1.82, 2.24) is 5.32 Å². The predicted octanol–water partition coefficient (Wildman–Crippen LogP) is 4.47. The Bertz CT molecular complexity index is 433. The molecule has 0 radical (unpaired) electrons. The summed E-state index contributed by atoms with van der Waals surface area (Å²) in [6.45, 7) is 2.26. The van der Waals surface area contributed by atoms with Crippen molar-refractivity contribution in [2.45, 2.75) is 64.0 Å². The van der Waals surface area contributed by atoms with Crippen LogP contribution in [0.4, 0.5) is 0 Å². The van der Waals surface area contributed by atoms with Crippen molar-refractivity contribution < 1.29 is 9.47 Å². The highest BCUT2D eigenvalue weighted by molar-refractivity contribution is 5.43. The van der Waals surface area contributed by atoms with Gasteiger partial charge in [-0.2, -0.15) is 0 Å². The molecule has 118 valence electrons. The normalized spacial score (nSPS) is 20.7.